The Balaban J connectivity index is 2.45. The summed E-state index contributed by atoms with van der Waals surface area (Å²) in [5, 5.41) is 3.18. The van der Waals surface area contributed by atoms with E-state index >= 15 is 0 Å². The third-order valence-corrected chi connectivity index (χ3v) is 2.57. The van der Waals surface area contributed by atoms with Crippen LogP contribution in [0.3, 0.4) is 0 Å². The molecule has 0 aromatic carbocycles. The van der Waals surface area contributed by atoms with E-state index < -0.39 is 0 Å². The van der Waals surface area contributed by atoms with Gasteiger partial charge in [-0.05, 0) is 33.8 Å². The number of amides is 1. The summed E-state index contributed by atoms with van der Waals surface area (Å²) in [6, 6.07) is 1.90. The van der Waals surface area contributed by atoms with Crippen LogP contribution in [-0.4, -0.2) is 29.9 Å². The number of hydrogen-bond donors (Lipinski definition) is 1. The molecule has 0 aliphatic carbocycles. The number of carbonyl (C=O) groups excluding carboxylic acids is 1. The van der Waals surface area contributed by atoms with Crippen LogP contribution >= 0.6 is 0 Å². The Hall–Kier alpha value is -1.29. The Labute approximate surface area is 103 Å². The minimum absolute atomic E-state index is 0.0396. The molecule has 0 spiro atoms. The standard InChI is InChI=1S/C13H22N2O2/c1-10-11(6-7-17-10)9-15(5)12(16)8-14-13(2,3)4/h6-7,14H,8-9H2,1-5H3. The van der Waals surface area contributed by atoms with Gasteiger partial charge in [0.25, 0.3) is 0 Å². The van der Waals surface area contributed by atoms with Gasteiger partial charge in [0.15, 0.2) is 0 Å². The van der Waals surface area contributed by atoms with Gasteiger partial charge in [0.1, 0.15) is 5.76 Å². The first kappa shape index (κ1) is 13.8. The molecule has 4 heteroatoms. The third-order valence-electron chi connectivity index (χ3n) is 2.57. The lowest BCUT2D eigenvalue weighted by Crippen LogP contribution is -2.43. The second kappa shape index (κ2) is 5.36. The molecule has 0 saturated heterocycles. The Morgan fingerprint density at radius 1 is 1.47 bits per heavy atom. The first-order valence-electron chi connectivity index (χ1n) is 5.81. The maximum absolute atomic E-state index is 11.9. The fourth-order valence-electron chi connectivity index (χ4n) is 1.39. The van der Waals surface area contributed by atoms with E-state index in [1.54, 1.807) is 18.2 Å². The summed E-state index contributed by atoms with van der Waals surface area (Å²) in [6.45, 7) is 8.98. The topological polar surface area (TPSA) is 45.5 Å². The summed E-state index contributed by atoms with van der Waals surface area (Å²) in [6.07, 6.45) is 1.65. The molecule has 0 bridgehead atoms. The van der Waals surface area contributed by atoms with Gasteiger partial charge >= 0.3 is 0 Å². The van der Waals surface area contributed by atoms with Crippen LogP contribution < -0.4 is 5.32 Å². The Kier molecular flexibility index (Phi) is 4.34. The molecular formula is C13H22N2O2. The van der Waals surface area contributed by atoms with Crippen LogP contribution in [0, 0.1) is 6.92 Å². The molecule has 1 N–H and O–H groups in total. The van der Waals surface area contributed by atoms with Crippen LogP contribution in [0.1, 0.15) is 32.1 Å². The Morgan fingerprint density at radius 2 is 2.12 bits per heavy atom. The highest BCUT2D eigenvalue weighted by Gasteiger charge is 2.15. The van der Waals surface area contributed by atoms with Crippen molar-refractivity contribution in [3.8, 4) is 0 Å². The smallest absolute Gasteiger partial charge is 0.236 e. The Bertz CT molecular complexity index is 377. The second-order valence-corrected chi connectivity index (χ2v) is 5.36. The lowest BCUT2D eigenvalue weighted by molar-refractivity contribution is -0.129. The zero-order valence-corrected chi connectivity index (χ0v) is 11.3. The molecule has 17 heavy (non-hydrogen) atoms. The van der Waals surface area contributed by atoms with E-state index in [4.69, 9.17) is 4.42 Å². The van der Waals surface area contributed by atoms with E-state index in [1.165, 1.54) is 0 Å². The molecule has 1 aromatic heterocycles. The molecule has 1 rings (SSSR count). The number of furan rings is 1. The third kappa shape index (κ3) is 4.61. The van der Waals surface area contributed by atoms with Gasteiger partial charge in [-0.25, -0.2) is 0 Å². The van der Waals surface area contributed by atoms with Gasteiger partial charge in [-0.3, -0.25) is 4.79 Å². The molecule has 0 aliphatic rings. The first-order valence-corrected chi connectivity index (χ1v) is 5.81. The number of aryl methyl sites for hydroxylation is 1. The van der Waals surface area contributed by atoms with Gasteiger partial charge in [-0.2, -0.15) is 0 Å². The van der Waals surface area contributed by atoms with Gasteiger partial charge in [-0.15, -0.1) is 0 Å². The van der Waals surface area contributed by atoms with Crippen LogP contribution in [0.2, 0.25) is 0 Å². The first-order chi connectivity index (χ1) is 7.79. The van der Waals surface area contributed by atoms with Crippen LogP contribution in [-0.2, 0) is 11.3 Å². The highest BCUT2D eigenvalue weighted by Crippen LogP contribution is 2.11. The minimum Gasteiger partial charge on any atom is -0.469 e. The van der Waals surface area contributed by atoms with E-state index in [9.17, 15) is 4.79 Å². The lowest BCUT2D eigenvalue weighted by Gasteiger charge is -2.23. The van der Waals surface area contributed by atoms with Crippen LogP contribution in [0.25, 0.3) is 0 Å². The molecule has 96 valence electrons. The summed E-state index contributed by atoms with van der Waals surface area (Å²) in [4.78, 5) is 13.6. The molecule has 0 aliphatic heterocycles. The summed E-state index contributed by atoms with van der Waals surface area (Å²) in [7, 11) is 1.80. The highest BCUT2D eigenvalue weighted by atomic mass is 16.3. The quantitative estimate of drug-likeness (QED) is 0.872. The van der Waals surface area contributed by atoms with E-state index in [0.29, 0.717) is 13.1 Å². The minimum atomic E-state index is -0.0396. The van der Waals surface area contributed by atoms with Crippen molar-refractivity contribution in [1.82, 2.24) is 10.2 Å². The van der Waals surface area contributed by atoms with Crippen molar-refractivity contribution in [2.24, 2.45) is 0 Å². The molecule has 0 fully saturated rings. The molecule has 0 radical (unpaired) electrons. The predicted octanol–water partition coefficient (Wildman–Crippen LogP) is 1.93. The van der Waals surface area contributed by atoms with Crippen molar-refractivity contribution in [3.63, 3.8) is 0 Å². The van der Waals surface area contributed by atoms with Crippen molar-refractivity contribution in [1.29, 1.82) is 0 Å². The number of rotatable bonds is 4. The zero-order valence-electron chi connectivity index (χ0n) is 11.3. The van der Waals surface area contributed by atoms with Gasteiger partial charge in [0.2, 0.25) is 5.91 Å². The molecule has 4 nitrogen and oxygen atoms in total. The molecule has 1 heterocycles. The van der Waals surface area contributed by atoms with Gasteiger partial charge < -0.3 is 14.6 Å². The van der Waals surface area contributed by atoms with E-state index in [1.807, 2.05) is 33.8 Å². The summed E-state index contributed by atoms with van der Waals surface area (Å²) >= 11 is 0. The molecule has 0 atom stereocenters. The fraction of sp³-hybridized carbons (Fsp3) is 0.615. The number of hydrogen-bond acceptors (Lipinski definition) is 3. The van der Waals surface area contributed by atoms with Crippen LogP contribution in [0.5, 0.6) is 0 Å². The van der Waals surface area contributed by atoms with E-state index in [-0.39, 0.29) is 11.4 Å². The number of likely N-dealkylation sites (N-methyl/N-ethyl adjacent to an activating group) is 1. The van der Waals surface area contributed by atoms with Crippen molar-refractivity contribution in [2.75, 3.05) is 13.6 Å². The van der Waals surface area contributed by atoms with Crippen LogP contribution in [0.15, 0.2) is 16.7 Å². The second-order valence-electron chi connectivity index (χ2n) is 5.36. The van der Waals surface area contributed by atoms with E-state index in [2.05, 4.69) is 5.32 Å². The predicted molar refractivity (Wildman–Crippen MR) is 67.7 cm³/mol. The maximum atomic E-state index is 11.9. The molecule has 1 amide bonds. The molecular weight excluding hydrogens is 216 g/mol. The molecule has 1 aromatic rings. The number of nitrogens with zero attached hydrogens (tertiary/aromatic N) is 1. The normalized spacial score (nSPS) is 11.6. The molecule has 0 unspecified atom stereocenters. The monoisotopic (exact) mass is 238 g/mol. The largest absolute Gasteiger partial charge is 0.469 e. The van der Waals surface area contributed by atoms with Gasteiger partial charge in [-0.1, -0.05) is 0 Å². The zero-order chi connectivity index (χ0) is 13.1. The summed E-state index contributed by atoms with van der Waals surface area (Å²) in [5.41, 5.74) is 1.01. The Morgan fingerprint density at radius 3 is 2.59 bits per heavy atom. The van der Waals surface area contributed by atoms with Gasteiger partial charge in [0.05, 0.1) is 12.8 Å². The van der Waals surface area contributed by atoms with Gasteiger partial charge in [0, 0.05) is 24.7 Å². The number of nitrogens with one attached hydrogen (secondary N) is 1. The van der Waals surface area contributed by atoms with Crippen molar-refractivity contribution in [2.45, 2.75) is 39.8 Å². The van der Waals surface area contributed by atoms with Crippen LogP contribution in [0.4, 0.5) is 0 Å². The van der Waals surface area contributed by atoms with Crippen molar-refractivity contribution in [3.05, 3.63) is 23.7 Å². The number of carbonyl (C=O) groups is 1. The highest BCUT2D eigenvalue weighted by molar-refractivity contribution is 5.78. The average molecular weight is 238 g/mol. The van der Waals surface area contributed by atoms with E-state index in [0.717, 1.165) is 11.3 Å². The van der Waals surface area contributed by atoms with Crippen molar-refractivity contribution < 1.29 is 9.21 Å². The SMILES string of the molecule is Cc1occc1CN(C)C(=O)CNC(C)(C)C. The fourth-order valence-corrected chi connectivity index (χ4v) is 1.39. The van der Waals surface area contributed by atoms with Crippen molar-refractivity contribution >= 4 is 5.91 Å². The summed E-state index contributed by atoms with van der Waals surface area (Å²) < 4.78 is 5.21. The molecule has 0 saturated carbocycles. The lowest BCUT2D eigenvalue weighted by atomic mass is 10.1. The maximum Gasteiger partial charge on any atom is 0.236 e. The summed E-state index contributed by atoms with van der Waals surface area (Å²) in [5.74, 6) is 0.953. The average Bonchev–Trinajstić information content (AvgIpc) is 2.59.